The van der Waals surface area contributed by atoms with Crippen LogP contribution in [0.2, 0.25) is 0 Å². The van der Waals surface area contributed by atoms with Gasteiger partial charge < -0.3 is 4.74 Å². The maximum absolute atomic E-state index is 6.08. The van der Waals surface area contributed by atoms with E-state index in [2.05, 4.69) is 42.0 Å². The predicted octanol–water partition coefficient (Wildman–Crippen LogP) is 6.23. The van der Waals surface area contributed by atoms with Gasteiger partial charge in [0.05, 0.1) is 12.3 Å². The molecule has 2 aromatic rings. The quantitative estimate of drug-likeness (QED) is 0.430. The Morgan fingerprint density at radius 2 is 1.64 bits per heavy atom. The van der Waals surface area contributed by atoms with Gasteiger partial charge in [-0.15, -0.1) is 0 Å². The third-order valence-electron chi connectivity index (χ3n) is 4.49. The second-order valence-electron chi connectivity index (χ2n) is 6.61. The van der Waals surface area contributed by atoms with Crippen LogP contribution in [0.5, 0.6) is 5.75 Å². The summed E-state index contributed by atoms with van der Waals surface area (Å²) >= 11 is 0. The van der Waals surface area contributed by atoms with E-state index in [0.29, 0.717) is 0 Å². The Morgan fingerprint density at radius 3 is 2.44 bits per heavy atom. The van der Waals surface area contributed by atoms with Crippen LogP contribution in [-0.2, 0) is 6.42 Å². The van der Waals surface area contributed by atoms with Gasteiger partial charge in [0.15, 0.2) is 0 Å². The Balaban J connectivity index is 2.07. The fourth-order valence-electron chi connectivity index (χ4n) is 3.03. The summed E-state index contributed by atoms with van der Waals surface area (Å²) in [5.74, 6) is 0.938. The van der Waals surface area contributed by atoms with Crippen molar-refractivity contribution in [3.63, 3.8) is 0 Å². The van der Waals surface area contributed by atoms with Crippen molar-refractivity contribution in [1.82, 2.24) is 9.97 Å². The zero-order valence-electron chi connectivity index (χ0n) is 15.8. The Hall–Kier alpha value is -1.90. The van der Waals surface area contributed by atoms with E-state index in [-0.39, 0.29) is 0 Å². The van der Waals surface area contributed by atoms with Gasteiger partial charge in [0.1, 0.15) is 12.1 Å². The molecule has 0 amide bonds. The third-order valence-corrected chi connectivity index (χ3v) is 4.49. The molecule has 136 valence electrons. The van der Waals surface area contributed by atoms with Crippen molar-refractivity contribution in [3.8, 4) is 17.0 Å². The number of para-hydroxylation sites is 1. The lowest BCUT2D eigenvalue weighted by Crippen LogP contribution is -2.01. The van der Waals surface area contributed by atoms with Gasteiger partial charge in [0, 0.05) is 11.8 Å². The molecule has 2 rings (SSSR count). The minimum absolute atomic E-state index is 0.772. The maximum atomic E-state index is 6.08. The van der Waals surface area contributed by atoms with Gasteiger partial charge in [-0.3, -0.25) is 0 Å². The maximum Gasteiger partial charge on any atom is 0.128 e. The second-order valence-corrected chi connectivity index (χ2v) is 6.61. The van der Waals surface area contributed by atoms with Crippen LogP contribution in [0, 0.1) is 0 Å². The number of aryl methyl sites for hydroxylation is 1. The summed E-state index contributed by atoms with van der Waals surface area (Å²) in [6.45, 7) is 5.24. The van der Waals surface area contributed by atoms with Crippen LogP contribution in [0.25, 0.3) is 11.3 Å². The topological polar surface area (TPSA) is 35.0 Å². The summed E-state index contributed by atoms with van der Waals surface area (Å²) in [6.07, 6.45) is 14.5. The van der Waals surface area contributed by atoms with E-state index in [1.807, 2.05) is 12.3 Å². The number of ether oxygens (including phenoxy) is 1. The molecule has 1 heterocycles. The smallest absolute Gasteiger partial charge is 0.128 e. The molecule has 0 saturated carbocycles. The lowest BCUT2D eigenvalue weighted by Gasteiger charge is -2.13. The number of nitrogens with zero attached hydrogens (tertiary/aromatic N) is 2. The van der Waals surface area contributed by atoms with Crippen LogP contribution >= 0.6 is 0 Å². The average Bonchev–Trinajstić information content (AvgIpc) is 2.66. The standard InChI is InChI=1S/C22H32N2O/c1-3-5-7-9-13-19-17-23-18-24-22(19)20-14-10-11-15-21(20)25-16-12-8-6-4-2/h10-11,14-15,17-18H,3-9,12-13,16H2,1-2H3. The van der Waals surface area contributed by atoms with Crippen molar-refractivity contribution in [2.24, 2.45) is 0 Å². The fourth-order valence-corrected chi connectivity index (χ4v) is 3.03. The van der Waals surface area contributed by atoms with Crippen LogP contribution in [0.1, 0.15) is 70.8 Å². The number of benzene rings is 1. The Labute approximate surface area is 152 Å². The second kappa shape index (κ2) is 11.6. The van der Waals surface area contributed by atoms with Crippen LogP contribution in [0.3, 0.4) is 0 Å². The molecule has 0 aliphatic rings. The molecule has 0 saturated heterocycles. The van der Waals surface area contributed by atoms with Gasteiger partial charge in [-0.05, 0) is 37.0 Å². The van der Waals surface area contributed by atoms with E-state index in [0.717, 1.165) is 36.5 Å². The van der Waals surface area contributed by atoms with Gasteiger partial charge >= 0.3 is 0 Å². The normalized spacial score (nSPS) is 10.8. The number of aromatic nitrogens is 2. The highest BCUT2D eigenvalue weighted by atomic mass is 16.5. The van der Waals surface area contributed by atoms with Gasteiger partial charge in [0.2, 0.25) is 0 Å². The van der Waals surface area contributed by atoms with Gasteiger partial charge in [0.25, 0.3) is 0 Å². The van der Waals surface area contributed by atoms with Gasteiger partial charge in [-0.25, -0.2) is 9.97 Å². The lowest BCUT2D eigenvalue weighted by atomic mass is 10.0. The highest BCUT2D eigenvalue weighted by Crippen LogP contribution is 2.31. The number of rotatable bonds is 12. The summed E-state index contributed by atoms with van der Waals surface area (Å²) < 4.78 is 6.08. The highest BCUT2D eigenvalue weighted by Gasteiger charge is 2.12. The molecule has 1 aromatic carbocycles. The zero-order valence-corrected chi connectivity index (χ0v) is 15.8. The van der Waals surface area contributed by atoms with E-state index in [1.165, 1.54) is 50.5 Å². The van der Waals surface area contributed by atoms with Crippen molar-refractivity contribution in [2.45, 2.75) is 71.6 Å². The Bertz CT molecular complexity index is 612. The lowest BCUT2D eigenvalue weighted by molar-refractivity contribution is 0.306. The van der Waals surface area contributed by atoms with Crippen LogP contribution in [-0.4, -0.2) is 16.6 Å². The van der Waals surface area contributed by atoms with E-state index in [4.69, 9.17) is 4.74 Å². The van der Waals surface area contributed by atoms with Crippen molar-refractivity contribution < 1.29 is 4.74 Å². The Kier molecular flexibility index (Phi) is 9.03. The first-order valence-corrected chi connectivity index (χ1v) is 9.87. The van der Waals surface area contributed by atoms with Crippen LogP contribution < -0.4 is 4.74 Å². The number of hydrogen-bond acceptors (Lipinski definition) is 3. The van der Waals surface area contributed by atoms with Crippen molar-refractivity contribution in [1.29, 1.82) is 0 Å². The van der Waals surface area contributed by atoms with Crippen molar-refractivity contribution in [3.05, 3.63) is 42.4 Å². The van der Waals surface area contributed by atoms with Crippen LogP contribution in [0.4, 0.5) is 0 Å². The summed E-state index contributed by atoms with van der Waals surface area (Å²) in [6, 6.07) is 8.26. The molecule has 0 N–H and O–H groups in total. The highest BCUT2D eigenvalue weighted by molar-refractivity contribution is 5.69. The molecule has 1 aromatic heterocycles. The third kappa shape index (κ3) is 6.49. The van der Waals surface area contributed by atoms with E-state index >= 15 is 0 Å². The molecule has 0 radical (unpaired) electrons. The summed E-state index contributed by atoms with van der Waals surface area (Å²) in [5.41, 5.74) is 3.34. The molecule has 0 fully saturated rings. The molecule has 0 spiro atoms. The molecule has 0 atom stereocenters. The number of unbranched alkanes of at least 4 members (excludes halogenated alkanes) is 6. The molecular formula is C22H32N2O. The Morgan fingerprint density at radius 1 is 0.880 bits per heavy atom. The van der Waals surface area contributed by atoms with E-state index < -0.39 is 0 Å². The van der Waals surface area contributed by atoms with Crippen molar-refractivity contribution in [2.75, 3.05) is 6.61 Å². The van der Waals surface area contributed by atoms with E-state index in [1.54, 1.807) is 6.33 Å². The first-order valence-electron chi connectivity index (χ1n) is 9.87. The van der Waals surface area contributed by atoms with Crippen LogP contribution in [0.15, 0.2) is 36.8 Å². The largest absolute Gasteiger partial charge is 0.493 e. The predicted molar refractivity (Wildman–Crippen MR) is 105 cm³/mol. The zero-order chi connectivity index (χ0) is 17.7. The first kappa shape index (κ1) is 19.4. The summed E-state index contributed by atoms with van der Waals surface area (Å²) in [4.78, 5) is 8.82. The summed E-state index contributed by atoms with van der Waals surface area (Å²) in [5, 5.41) is 0. The molecule has 0 aliphatic carbocycles. The van der Waals surface area contributed by atoms with E-state index in [9.17, 15) is 0 Å². The molecule has 3 heteroatoms. The summed E-state index contributed by atoms with van der Waals surface area (Å²) in [7, 11) is 0. The monoisotopic (exact) mass is 340 g/mol. The molecule has 0 bridgehead atoms. The minimum atomic E-state index is 0.772. The first-order chi connectivity index (χ1) is 12.4. The fraction of sp³-hybridized carbons (Fsp3) is 0.545. The molecule has 3 nitrogen and oxygen atoms in total. The molecule has 0 aliphatic heterocycles. The van der Waals surface area contributed by atoms with Gasteiger partial charge in [-0.1, -0.05) is 64.5 Å². The SMILES string of the molecule is CCCCCCOc1ccccc1-c1ncncc1CCCCCC. The molecule has 0 unspecified atom stereocenters. The minimum Gasteiger partial charge on any atom is -0.493 e. The number of hydrogen-bond donors (Lipinski definition) is 0. The van der Waals surface area contributed by atoms with Crippen molar-refractivity contribution >= 4 is 0 Å². The average molecular weight is 341 g/mol. The molecular weight excluding hydrogens is 308 g/mol. The van der Waals surface area contributed by atoms with Gasteiger partial charge in [-0.2, -0.15) is 0 Å². The molecule has 25 heavy (non-hydrogen) atoms.